The van der Waals surface area contributed by atoms with Crippen LogP contribution in [0.4, 0.5) is 0 Å². The van der Waals surface area contributed by atoms with Gasteiger partial charge in [-0.25, -0.2) is 0 Å². The molecule has 2 unspecified atom stereocenters. The van der Waals surface area contributed by atoms with E-state index in [0.717, 1.165) is 13.0 Å². The Kier molecular flexibility index (Phi) is 4.85. The van der Waals surface area contributed by atoms with Crippen molar-refractivity contribution in [1.29, 1.82) is 0 Å². The van der Waals surface area contributed by atoms with Crippen molar-refractivity contribution in [3.63, 3.8) is 0 Å². The Morgan fingerprint density at radius 2 is 2.14 bits per heavy atom. The van der Waals surface area contributed by atoms with Crippen LogP contribution in [0.2, 0.25) is 0 Å². The van der Waals surface area contributed by atoms with Crippen molar-refractivity contribution in [2.24, 2.45) is 5.73 Å². The second-order valence-corrected chi connectivity index (χ2v) is 4.46. The summed E-state index contributed by atoms with van der Waals surface area (Å²) in [5.41, 5.74) is 5.64. The predicted molar refractivity (Wildman–Crippen MR) is 61.4 cm³/mol. The van der Waals surface area contributed by atoms with Crippen LogP contribution in [0.25, 0.3) is 0 Å². The third-order valence-electron chi connectivity index (χ3n) is 3.48. The topological polar surface area (TPSA) is 32.5 Å². The Morgan fingerprint density at radius 1 is 1.43 bits per heavy atom. The van der Waals surface area contributed by atoms with Gasteiger partial charge in [0.25, 0.3) is 0 Å². The fourth-order valence-electron chi connectivity index (χ4n) is 2.25. The molecule has 0 spiro atoms. The molecule has 14 heavy (non-hydrogen) atoms. The Balaban J connectivity index is 2.43. The first-order valence-electron chi connectivity index (χ1n) is 5.83. The fourth-order valence-corrected chi connectivity index (χ4v) is 2.25. The molecule has 2 atom stereocenters. The van der Waals surface area contributed by atoms with Crippen LogP contribution in [0, 0.1) is 0 Å². The summed E-state index contributed by atoms with van der Waals surface area (Å²) in [6.45, 7) is 9.00. The molecule has 0 bridgehead atoms. The van der Waals surface area contributed by atoms with E-state index in [-0.39, 0.29) is 0 Å². The number of hydrogen-bond donors (Lipinski definition) is 1. The van der Waals surface area contributed by atoms with Gasteiger partial charge in [0.15, 0.2) is 0 Å². The molecule has 1 fully saturated rings. The van der Waals surface area contributed by atoms with Gasteiger partial charge in [-0.3, -0.25) is 4.90 Å². The lowest BCUT2D eigenvalue weighted by Gasteiger charge is -2.41. The smallest absolute Gasteiger partial charge is 0.0192 e. The lowest BCUT2D eigenvalue weighted by atomic mass is 10.1. The second-order valence-electron chi connectivity index (χ2n) is 4.46. The Labute approximate surface area is 88.2 Å². The number of nitrogens with zero attached hydrogens (tertiary/aromatic N) is 2. The Bertz CT molecular complexity index is 161. The van der Waals surface area contributed by atoms with Gasteiger partial charge in [0, 0.05) is 31.7 Å². The number of piperazine rings is 1. The van der Waals surface area contributed by atoms with E-state index in [2.05, 4.69) is 30.7 Å². The minimum absolute atomic E-state index is 0.690. The average Bonchev–Trinajstić information content (AvgIpc) is 2.19. The largest absolute Gasteiger partial charge is 0.330 e. The number of hydrogen-bond acceptors (Lipinski definition) is 3. The Hall–Kier alpha value is -0.120. The second kappa shape index (κ2) is 5.69. The van der Waals surface area contributed by atoms with E-state index in [4.69, 9.17) is 5.73 Å². The van der Waals surface area contributed by atoms with E-state index in [0.29, 0.717) is 12.1 Å². The standard InChI is InChI=1S/C11H25N3/c1-4-11(5-6-12)14-8-7-13(3)10(2)9-14/h10-11H,4-9,12H2,1-3H3. The maximum Gasteiger partial charge on any atom is 0.0192 e. The first kappa shape index (κ1) is 12.0. The number of likely N-dealkylation sites (N-methyl/N-ethyl adjacent to an activating group) is 1. The van der Waals surface area contributed by atoms with Gasteiger partial charge >= 0.3 is 0 Å². The van der Waals surface area contributed by atoms with E-state index in [1.54, 1.807) is 0 Å². The van der Waals surface area contributed by atoms with Crippen molar-refractivity contribution in [3.8, 4) is 0 Å². The van der Waals surface area contributed by atoms with E-state index < -0.39 is 0 Å². The van der Waals surface area contributed by atoms with Crippen molar-refractivity contribution in [1.82, 2.24) is 9.80 Å². The first-order chi connectivity index (χ1) is 6.69. The van der Waals surface area contributed by atoms with E-state index in [9.17, 15) is 0 Å². The highest BCUT2D eigenvalue weighted by molar-refractivity contribution is 4.81. The summed E-state index contributed by atoms with van der Waals surface area (Å²) in [5.74, 6) is 0. The first-order valence-corrected chi connectivity index (χ1v) is 5.83. The average molecular weight is 199 g/mol. The third-order valence-corrected chi connectivity index (χ3v) is 3.48. The summed E-state index contributed by atoms with van der Waals surface area (Å²) in [5, 5.41) is 0. The van der Waals surface area contributed by atoms with Gasteiger partial charge in [-0.1, -0.05) is 6.92 Å². The highest BCUT2D eigenvalue weighted by Gasteiger charge is 2.24. The molecule has 2 N–H and O–H groups in total. The molecule has 1 aliphatic heterocycles. The van der Waals surface area contributed by atoms with E-state index in [1.807, 2.05) is 0 Å². The minimum atomic E-state index is 0.690. The lowest BCUT2D eigenvalue weighted by Crippen LogP contribution is -2.53. The molecule has 3 heteroatoms. The molecule has 84 valence electrons. The van der Waals surface area contributed by atoms with Gasteiger partial charge in [0.05, 0.1) is 0 Å². The van der Waals surface area contributed by atoms with Gasteiger partial charge in [-0.15, -0.1) is 0 Å². The van der Waals surface area contributed by atoms with Crippen LogP contribution >= 0.6 is 0 Å². The van der Waals surface area contributed by atoms with Crippen LogP contribution in [0.1, 0.15) is 26.7 Å². The fraction of sp³-hybridized carbons (Fsp3) is 1.00. The van der Waals surface area contributed by atoms with Crippen LogP contribution in [-0.4, -0.2) is 55.1 Å². The van der Waals surface area contributed by atoms with Crippen LogP contribution in [0.3, 0.4) is 0 Å². The molecule has 0 saturated carbocycles. The molecule has 0 aromatic carbocycles. The summed E-state index contributed by atoms with van der Waals surface area (Å²) in [4.78, 5) is 5.04. The zero-order chi connectivity index (χ0) is 10.6. The Morgan fingerprint density at radius 3 is 2.64 bits per heavy atom. The highest BCUT2D eigenvalue weighted by atomic mass is 15.3. The van der Waals surface area contributed by atoms with Gasteiger partial charge in [-0.05, 0) is 33.4 Å². The molecule has 1 saturated heterocycles. The molecule has 0 aromatic rings. The lowest BCUT2D eigenvalue weighted by molar-refractivity contribution is 0.0679. The molecule has 0 aromatic heterocycles. The maximum absolute atomic E-state index is 5.64. The van der Waals surface area contributed by atoms with Gasteiger partial charge in [0.2, 0.25) is 0 Å². The predicted octanol–water partition coefficient (Wildman–Crippen LogP) is 0.750. The van der Waals surface area contributed by atoms with E-state index >= 15 is 0 Å². The molecule has 1 rings (SSSR count). The number of rotatable bonds is 4. The van der Waals surface area contributed by atoms with Crippen LogP contribution < -0.4 is 5.73 Å². The van der Waals surface area contributed by atoms with Crippen LogP contribution in [0.15, 0.2) is 0 Å². The summed E-state index contributed by atoms with van der Waals surface area (Å²) in [6.07, 6.45) is 2.38. The zero-order valence-electron chi connectivity index (χ0n) is 9.87. The molecule has 0 aliphatic carbocycles. The van der Waals surface area contributed by atoms with Crippen molar-refractivity contribution in [3.05, 3.63) is 0 Å². The summed E-state index contributed by atoms with van der Waals surface area (Å²) in [6, 6.07) is 1.40. The van der Waals surface area contributed by atoms with Gasteiger partial charge < -0.3 is 10.6 Å². The minimum Gasteiger partial charge on any atom is -0.330 e. The molecular weight excluding hydrogens is 174 g/mol. The van der Waals surface area contributed by atoms with Crippen LogP contribution in [0.5, 0.6) is 0 Å². The molecule has 3 nitrogen and oxygen atoms in total. The molecular formula is C11H25N3. The monoisotopic (exact) mass is 199 g/mol. The SMILES string of the molecule is CCC(CCN)N1CCN(C)C(C)C1. The maximum atomic E-state index is 5.64. The van der Waals surface area contributed by atoms with Crippen LogP contribution in [-0.2, 0) is 0 Å². The molecule has 0 amide bonds. The van der Waals surface area contributed by atoms with E-state index in [1.165, 1.54) is 26.1 Å². The molecule has 0 radical (unpaired) electrons. The van der Waals surface area contributed by atoms with Crippen molar-refractivity contribution < 1.29 is 0 Å². The summed E-state index contributed by atoms with van der Waals surface area (Å²) < 4.78 is 0. The highest BCUT2D eigenvalue weighted by Crippen LogP contribution is 2.14. The van der Waals surface area contributed by atoms with Crippen molar-refractivity contribution >= 4 is 0 Å². The number of nitrogens with two attached hydrogens (primary N) is 1. The summed E-state index contributed by atoms with van der Waals surface area (Å²) in [7, 11) is 2.21. The van der Waals surface area contributed by atoms with Crippen molar-refractivity contribution in [2.75, 3.05) is 33.2 Å². The quantitative estimate of drug-likeness (QED) is 0.725. The normalized spacial score (nSPS) is 27.9. The molecule has 1 aliphatic rings. The van der Waals surface area contributed by atoms with Gasteiger partial charge in [-0.2, -0.15) is 0 Å². The summed E-state index contributed by atoms with van der Waals surface area (Å²) >= 11 is 0. The third kappa shape index (κ3) is 2.94. The van der Waals surface area contributed by atoms with Crippen molar-refractivity contribution in [2.45, 2.75) is 38.8 Å². The molecule has 1 heterocycles. The van der Waals surface area contributed by atoms with Gasteiger partial charge in [0.1, 0.15) is 0 Å². The zero-order valence-corrected chi connectivity index (χ0v) is 9.87.